The molecule has 5 nitrogen and oxygen atoms in total. The quantitative estimate of drug-likeness (QED) is 0.242. The lowest BCUT2D eigenvalue weighted by atomic mass is 9.77. The minimum atomic E-state index is -1.06. The van der Waals surface area contributed by atoms with E-state index in [1.165, 1.54) is 0 Å². The fourth-order valence-electron chi connectivity index (χ4n) is 5.66. The Morgan fingerprint density at radius 2 is 1.64 bits per heavy atom. The first kappa shape index (κ1) is 25.1. The van der Waals surface area contributed by atoms with Gasteiger partial charge >= 0.3 is 5.97 Å². The molecule has 5 heteroatoms. The highest BCUT2D eigenvalue weighted by atomic mass is 16.6. The smallest absolute Gasteiger partial charge is 0.340 e. The summed E-state index contributed by atoms with van der Waals surface area (Å²) in [6.07, 6.45) is 1.11. The number of anilines is 2. The molecular formula is C34H34N2O3. The van der Waals surface area contributed by atoms with Crippen LogP contribution in [0.4, 0.5) is 11.4 Å². The molecule has 0 saturated heterocycles. The van der Waals surface area contributed by atoms with Crippen molar-refractivity contribution in [1.82, 2.24) is 0 Å². The summed E-state index contributed by atoms with van der Waals surface area (Å²) in [6, 6.07) is 30.3. The molecule has 1 unspecified atom stereocenters. The van der Waals surface area contributed by atoms with E-state index in [0.717, 1.165) is 58.9 Å². The molecule has 4 aromatic rings. The number of hydrogen-bond donors (Lipinski definition) is 1. The van der Waals surface area contributed by atoms with Crippen molar-refractivity contribution in [2.75, 3.05) is 23.3 Å². The molecule has 0 saturated carbocycles. The summed E-state index contributed by atoms with van der Waals surface area (Å²) in [6.45, 7) is 9.20. The predicted molar refractivity (Wildman–Crippen MR) is 156 cm³/mol. The van der Waals surface area contributed by atoms with Crippen LogP contribution < -0.4 is 15.0 Å². The molecule has 2 aliphatic rings. The highest BCUT2D eigenvalue weighted by Crippen LogP contribution is 2.56. The van der Waals surface area contributed by atoms with Gasteiger partial charge in [-0.2, -0.15) is 0 Å². The molecule has 2 aliphatic heterocycles. The van der Waals surface area contributed by atoms with Crippen LogP contribution in [0.2, 0.25) is 0 Å². The van der Waals surface area contributed by atoms with Crippen molar-refractivity contribution >= 4 is 17.3 Å². The van der Waals surface area contributed by atoms with Crippen molar-refractivity contribution < 1.29 is 14.3 Å². The number of hydrogen-bond acceptors (Lipinski definition) is 5. The fraction of sp³-hybridized carbons (Fsp3) is 0.265. The van der Waals surface area contributed by atoms with Gasteiger partial charge in [0.2, 0.25) is 0 Å². The maximum absolute atomic E-state index is 13.2. The first-order chi connectivity index (χ1) is 19.0. The Kier molecular flexibility index (Phi) is 6.51. The number of carbonyl (C=O) groups excluding carboxylic acids is 1. The number of nitrogens with zero attached hydrogens (tertiary/aromatic N) is 1. The molecule has 0 bridgehead atoms. The van der Waals surface area contributed by atoms with Crippen molar-refractivity contribution in [3.05, 3.63) is 119 Å². The second-order valence-electron chi connectivity index (χ2n) is 10.7. The van der Waals surface area contributed by atoms with Crippen LogP contribution in [0, 0.1) is 5.92 Å². The van der Waals surface area contributed by atoms with E-state index in [1.807, 2.05) is 60.7 Å². The molecule has 6 rings (SSSR count). The third kappa shape index (κ3) is 4.42. The second kappa shape index (κ2) is 10.1. The molecule has 0 radical (unpaired) electrons. The number of rotatable bonds is 8. The number of carbonyl (C=O) groups is 1. The minimum absolute atomic E-state index is 0.312. The molecule has 0 amide bonds. The Labute approximate surface area is 230 Å². The van der Waals surface area contributed by atoms with E-state index in [4.69, 9.17) is 9.47 Å². The predicted octanol–water partition coefficient (Wildman–Crippen LogP) is 7.74. The van der Waals surface area contributed by atoms with Crippen molar-refractivity contribution in [3.63, 3.8) is 0 Å². The van der Waals surface area contributed by atoms with E-state index >= 15 is 0 Å². The van der Waals surface area contributed by atoms with Gasteiger partial charge < -0.3 is 19.7 Å². The maximum Gasteiger partial charge on any atom is 0.340 e. The summed E-state index contributed by atoms with van der Waals surface area (Å²) < 4.78 is 12.9. The van der Waals surface area contributed by atoms with E-state index in [2.05, 4.69) is 61.3 Å². The normalized spacial score (nSPS) is 16.8. The molecule has 1 N–H and O–H groups in total. The summed E-state index contributed by atoms with van der Waals surface area (Å²) in [4.78, 5) is 15.6. The van der Waals surface area contributed by atoms with Crippen molar-refractivity contribution in [1.29, 1.82) is 0 Å². The maximum atomic E-state index is 13.2. The van der Waals surface area contributed by atoms with Crippen LogP contribution in [-0.2, 0) is 16.9 Å². The number of esters is 1. The summed E-state index contributed by atoms with van der Waals surface area (Å²) >= 11 is 0. The van der Waals surface area contributed by atoms with Gasteiger partial charge in [-0.3, -0.25) is 0 Å². The first-order valence-electron chi connectivity index (χ1n) is 13.8. The zero-order valence-electron chi connectivity index (χ0n) is 22.7. The highest BCUT2D eigenvalue weighted by Gasteiger charge is 2.53. The van der Waals surface area contributed by atoms with E-state index in [0.29, 0.717) is 23.8 Å². The molecule has 0 fully saturated rings. The highest BCUT2D eigenvalue weighted by molar-refractivity contribution is 5.97. The van der Waals surface area contributed by atoms with Crippen molar-refractivity contribution in [2.24, 2.45) is 5.92 Å². The van der Waals surface area contributed by atoms with Crippen LogP contribution in [0.15, 0.2) is 91.0 Å². The summed E-state index contributed by atoms with van der Waals surface area (Å²) in [7, 11) is 0. The first-order valence-corrected chi connectivity index (χ1v) is 13.8. The SMILES string of the molecule is CCN(CCC(C)C)c1ccc2c(c1)Oc1ccc(CNc3ccccc3)cc1C21OC(=O)c2ccccc21. The average molecular weight is 519 g/mol. The zero-order valence-corrected chi connectivity index (χ0v) is 22.7. The van der Waals surface area contributed by atoms with Crippen LogP contribution in [0.3, 0.4) is 0 Å². The molecular weight excluding hydrogens is 484 g/mol. The van der Waals surface area contributed by atoms with Gasteiger partial charge in [0.15, 0.2) is 5.60 Å². The number of nitrogens with one attached hydrogen (secondary N) is 1. The van der Waals surface area contributed by atoms with E-state index in [1.54, 1.807) is 0 Å². The molecule has 39 heavy (non-hydrogen) atoms. The molecule has 198 valence electrons. The van der Waals surface area contributed by atoms with Gasteiger partial charge in [0, 0.05) is 53.8 Å². The number of para-hydroxylation sites is 1. The van der Waals surface area contributed by atoms with Crippen LogP contribution >= 0.6 is 0 Å². The molecule has 1 spiro atoms. The Bertz CT molecular complexity index is 1510. The van der Waals surface area contributed by atoms with Crippen molar-refractivity contribution in [2.45, 2.75) is 39.3 Å². The lowest BCUT2D eigenvalue weighted by Gasteiger charge is -2.37. The summed E-state index contributed by atoms with van der Waals surface area (Å²) in [5, 5.41) is 3.49. The monoisotopic (exact) mass is 518 g/mol. The number of fused-ring (bicyclic) bond motifs is 6. The van der Waals surface area contributed by atoms with Crippen LogP contribution in [0.1, 0.15) is 59.8 Å². The van der Waals surface area contributed by atoms with E-state index < -0.39 is 5.60 Å². The standard InChI is InChI=1S/C34H34N2O3/c1-4-36(19-18-23(2)3)26-15-16-29-32(21-26)38-31-17-14-24(22-35-25-10-6-5-7-11-25)20-30(31)34(29)28-13-9-8-12-27(28)33(37)39-34/h5-17,20-21,23,35H,4,18-19,22H2,1-3H3. The van der Waals surface area contributed by atoms with Gasteiger partial charge in [0.25, 0.3) is 0 Å². The van der Waals surface area contributed by atoms with Crippen LogP contribution in [-0.4, -0.2) is 19.1 Å². The lowest BCUT2D eigenvalue weighted by Crippen LogP contribution is -2.33. The molecule has 4 aromatic carbocycles. The van der Waals surface area contributed by atoms with Gasteiger partial charge in [-0.05, 0) is 67.3 Å². The lowest BCUT2D eigenvalue weighted by molar-refractivity contribution is 0.0224. The molecule has 2 heterocycles. The summed E-state index contributed by atoms with van der Waals surface area (Å²) in [5.41, 5.74) is 5.32. The molecule has 0 aliphatic carbocycles. The Hall–Kier alpha value is -4.25. The molecule has 0 aromatic heterocycles. The van der Waals surface area contributed by atoms with Crippen LogP contribution in [0.5, 0.6) is 11.5 Å². The Morgan fingerprint density at radius 1 is 0.846 bits per heavy atom. The third-order valence-corrected chi connectivity index (χ3v) is 7.75. The zero-order chi connectivity index (χ0) is 27.0. The third-order valence-electron chi connectivity index (χ3n) is 7.75. The van der Waals surface area contributed by atoms with Crippen LogP contribution in [0.25, 0.3) is 0 Å². The van der Waals surface area contributed by atoms with Gasteiger partial charge in [0.05, 0.1) is 5.56 Å². The second-order valence-corrected chi connectivity index (χ2v) is 10.7. The Balaban J connectivity index is 1.45. The number of ether oxygens (including phenoxy) is 2. The van der Waals surface area contributed by atoms with Crippen molar-refractivity contribution in [3.8, 4) is 11.5 Å². The molecule has 1 atom stereocenters. The minimum Gasteiger partial charge on any atom is -0.456 e. The van der Waals surface area contributed by atoms with Gasteiger partial charge in [-0.25, -0.2) is 4.79 Å². The summed E-state index contributed by atoms with van der Waals surface area (Å²) in [5.74, 6) is 1.75. The van der Waals surface area contributed by atoms with Gasteiger partial charge in [0.1, 0.15) is 11.5 Å². The number of benzene rings is 4. The van der Waals surface area contributed by atoms with E-state index in [9.17, 15) is 4.79 Å². The van der Waals surface area contributed by atoms with Gasteiger partial charge in [-0.15, -0.1) is 0 Å². The fourth-order valence-corrected chi connectivity index (χ4v) is 5.66. The topological polar surface area (TPSA) is 50.8 Å². The largest absolute Gasteiger partial charge is 0.456 e. The Morgan fingerprint density at radius 3 is 2.44 bits per heavy atom. The van der Waals surface area contributed by atoms with Gasteiger partial charge in [-0.1, -0.05) is 56.3 Å². The van der Waals surface area contributed by atoms with E-state index in [-0.39, 0.29) is 5.97 Å². The average Bonchev–Trinajstić information content (AvgIpc) is 3.25.